The van der Waals surface area contributed by atoms with Crippen molar-refractivity contribution < 1.29 is 4.40 Å². The molecule has 2 aromatic rings. The molecule has 0 radical (unpaired) electrons. The highest BCUT2D eigenvalue weighted by Crippen LogP contribution is 1.95. The summed E-state index contributed by atoms with van der Waals surface area (Å²) in [6.07, 6.45) is 5.30. The molecule has 0 saturated heterocycles. The third kappa shape index (κ3) is 0.657. The van der Waals surface area contributed by atoms with Crippen LogP contribution in [0.2, 0.25) is 0 Å². The molecule has 4 heteroatoms. The standard InChI is InChI=1S/C6H4N2OS/c9-5-6-8(2-1-7-5)3-4-10-6/h1-4H/p+1. The smallest absolute Gasteiger partial charge is 0.317 e. The number of nitrogens with one attached hydrogen (secondary N) is 1. The Morgan fingerprint density at radius 3 is 3.20 bits per heavy atom. The summed E-state index contributed by atoms with van der Waals surface area (Å²) in [7, 11) is 0. The van der Waals surface area contributed by atoms with Crippen molar-refractivity contribution in [3.05, 3.63) is 34.3 Å². The highest BCUT2D eigenvalue weighted by molar-refractivity contribution is 7.14. The lowest BCUT2D eigenvalue weighted by atomic mass is 10.7. The van der Waals surface area contributed by atoms with Crippen LogP contribution >= 0.6 is 11.3 Å². The molecular weight excluding hydrogens is 148 g/mol. The van der Waals surface area contributed by atoms with E-state index in [1.807, 2.05) is 17.8 Å². The van der Waals surface area contributed by atoms with E-state index < -0.39 is 0 Å². The Morgan fingerprint density at radius 2 is 2.40 bits per heavy atom. The van der Waals surface area contributed by atoms with Crippen molar-refractivity contribution in [1.29, 1.82) is 0 Å². The van der Waals surface area contributed by atoms with Crippen molar-refractivity contribution in [3.63, 3.8) is 0 Å². The van der Waals surface area contributed by atoms with Crippen molar-refractivity contribution in [2.24, 2.45) is 0 Å². The first-order valence-corrected chi connectivity index (χ1v) is 3.72. The largest absolute Gasteiger partial charge is 0.333 e. The molecule has 0 aromatic carbocycles. The number of H-pyrrole nitrogens is 1. The molecule has 1 N–H and O–H groups in total. The van der Waals surface area contributed by atoms with Gasteiger partial charge in [-0.25, -0.2) is 0 Å². The minimum atomic E-state index is -0.0301. The van der Waals surface area contributed by atoms with Crippen LogP contribution in [0.25, 0.3) is 4.83 Å². The molecule has 0 bridgehead atoms. The second kappa shape index (κ2) is 1.91. The molecule has 0 amide bonds. The molecule has 0 spiro atoms. The Morgan fingerprint density at radius 1 is 1.50 bits per heavy atom. The first kappa shape index (κ1) is 5.61. The van der Waals surface area contributed by atoms with Crippen LogP contribution in [0, 0.1) is 0 Å². The number of fused-ring (bicyclic) bond motifs is 1. The Hall–Kier alpha value is -1.16. The maximum atomic E-state index is 11.0. The number of aromatic amines is 1. The summed E-state index contributed by atoms with van der Waals surface area (Å²) in [5.41, 5.74) is -0.0301. The van der Waals surface area contributed by atoms with Gasteiger partial charge in [-0.05, 0) is 0 Å². The fourth-order valence-corrected chi connectivity index (χ4v) is 1.56. The van der Waals surface area contributed by atoms with Gasteiger partial charge in [-0.15, -0.1) is 0 Å². The normalized spacial score (nSPS) is 10.4. The number of rotatable bonds is 0. The molecule has 0 unspecified atom stereocenters. The van der Waals surface area contributed by atoms with Gasteiger partial charge in [0.25, 0.3) is 0 Å². The molecule has 50 valence electrons. The summed E-state index contributed by atoms with van der Waals surface area (Å²) in [6, 6.07) is 0. The van der Waals surface area contributed by atoms with Crippen molar-refractivity contribution in [3.8, 4) is 0 Å². The van der Waals surface area contributed by atoms with Gasteiger partial charge < -0.3 is 4.98 Å². The van der Waals surface area contributed by atoms with Gasteiger partial charge in [0.05, 0.1) is 11.6 Å². The minimum Gasteiger partial charge on any atom is -0.317 e. The SMILES string of the molecule is O=c1[nH]cc[n+]2ccsc12. The monoisotopic (exact) mass is 153 g/mol. The van der Waals surface area contributed by atoms with Crippen molar-refractivity contribution in [2.75, 3.05) is 0 Å². The summed E-state index contributed by atoms with van der Waals surface area (Å²) in [5, 5.41) is 1.88. The van der Waals surface area contributed by atoms with E-state index in [4.69, 9.17) is 0 Å². The number of nitrogens with zero attached hydrogens (tertiary/aromatic N) is 1. The zero-order valence-corrected chi connectivity index (χ0v) is 5.89. The summed E-state index contributed by atoms with van der Waals surface area (Å²) in [6.45, 7) is 0. The Balaban J connectivity index is 3.09. The quantitative estimate of drug-likeness (QED) is 0.538. The van der Waals surface area contributed by atoms with Crippen LogP contribution in [0.5, 0.6) is 0 Å². The van der Waals surface area contributed by atoms with Crippen molar-refractivity contribution in [2.45, 2.75) is 0 Å². The van der Waals surface area contributed by atoms with Crippen LogP contribution in [0.4, 0.5) is 0 Å². The number of thiazole rings is 1. The van der Waals surface area contributed by atoms with Gasteiger partial charge in [0.1, 0.15) is 0 Å². The first-order valence-electron chi connectivity index (χ1n) is 2.84. The number of hydrogen-bond donors (Lipinski definition) is 1. The van der Waals surface area contributed by atoms with Gasteiger partial charge in [-0.3, -0.25) is 4.79 Å². The lowest BCUT2D eigenvalue weighted by molar-refractivity contribution is -0.508. The van der Waals surface area contributed by atoms with Gasteiger partial charge in [0.2, 0.25) is 0 Å². The molecule has 2 heterocycles. The highest BCUT2D eigenvalue weighted by Gasteiger charge is 2.04. The van der Waals surface area contributed by atoms with Crippen LogP contribution in [0.1, 0.15) is 0 Å². The molecule has 2 rings (SSSR count). The maximum Gasteiger partial charge on any atom is 0.333 e. The summed E-state index contributed by atoms with van der Waals surface area (Å²) < 4.78 is 1.80. The van der Waals surface area contributed by atoms with Gasteiger partial charge in [-0.2, -0.15) is 4.40 Å². The maximum absolute atomic E-state index is 11.0. The average Bonchev–Trinajstić information content (AvgIpc) is 2.36. The van der Waals surface area contributed by atoms with Crippen LogP contribution in [0.3, 0.4) is 0 Å². The second-order valence-corrected chi connectivity index (χ2v) is 2.80. The van der Waals surface area contributed by atoms with E-state index in [-0.39, 0.29) is 5.56 Å². The lowest BCUT2D eigenvalue weighted by Gasteiger charge is -1.76. The zero-order valence-electron chi connectivity index (χ0n) is 5.07. The van der Waals surface area contributed by atoms with E-state index in [9.17, 15) is 4.79 Å². The number of aromatic nitrogens is 2. The van der Waals surface area contributed by atoms with Crippen LogP contribution in [-0.4, -0.2) is 4.98 Å². The molecule has 0 atom stereocenters. The molecule has 3 nitrogen and oxygen atoms in total. The Labute approximate surface area is 60.6 Å². The van der Waals surface area contributed by atoms with Gasteiger partial charge in [-0.1, -0.05) is 11.3 Å². The summed E-state index contributed by atoms with van der Waals surface area (Å²) >= 11 is 1.43. The second-order valence-electron chi connectivity index (χ2n) is 1.90. The van der Waals surface area contributed by atoms with E-state index in [1.165, 1.54) is 11.3 Å². The van der Waals surface area contributed by atoms with E-state index >= 15 is 0 Å². The van der Waals surface area contributed by atoms with Gasteiger partial charge in [0.15, 0.2) is 12.4 Å². The molecule has 0 fully saturated rings. The minimum absolute atomic E-state index is 0.0301. The predicted molar refractivity (Wildman–Crippen MR) is 38.1 cm³/mol. The predicted octanol–water partition coefficient (Wildman–Crippen LogP) is 0.175. The van der Waals surface area contributed by atoms with Crippen molar-refractivity contribution in [1.82, 2.24) is 4.98 Å². The molecule has 0 saturated carbocycles. The summed E-state index contributed by atoms with van der Waals surface area (Å²) in [5.74, 6) is 0. The third-order valence-electron chi connectivity index (χ3n) is 1.28. The molecule has 2 aromatic heterocycles. The zero-order chi connectivity index (χ0) is 6.97. The molecular formula is C6H5N2OS+. The van der Waals surface area contributed by atoms with Crippen LogP contribution < -0.4 is 9.96 Å². The number of hydrogen-bond acceptors (Lipinski definition) is 2. The van der Waals surface area contributed by atoms with Crippen LogP contribution in [-0.2, 0) is 0 Å². The topological polar surface area (TPSA) is 37.0 Å². The summed E-state index contributed by atoms with van der Waals surface area (Å²) in [4.78, 5) is 14.3. The molecule has 0 aliphatic rings. The molecule has 10 heavy (non-hydrogen) atoms. The third-order valence-corrected chi connectivity index (χ3v) is 2.16. The molecule has 0 aliphatic heterocycles. The average molecular weight is 153 g/mol. The Bertz CT molecular complexity index is 403. The fraction of sp³-hybridized carbons (Fsp3) is 0. The van der Waals surface area contributed by atoms with Crippen molar-refractivity contribution >= 4 is 16.2 Å². The fourth-order valence-electron chi connectivity index (χ4n) is 0.832. The Kier molecular flexibility index (Phi) is 1.07. The van der Waals surface area contributed by atoms with Gasteiger partial charge >= 0.3 is 10.4 Å². The lowest BCUT2D eigenvalue weighted by Crippen LogP contribution is -2.24. The van der Waals surface area contributed by atoms with E-state index in [2.05, 4.69) is 4.98 Å². The first-order chi connectivity index (χ1) is 4.88. The van der Waals surface area contributed by atoms with Crippen LogP contribution in [0.15, 0.2) is 28.8 Å². The van der Waals surface area contributed by atoms with Gasteiger partial charge in [0, 0.05) is 0 Å². The van der Waals surface area contributed by atoms with E-state index in [0.29, 0.717) is 0 Å². The van der Waals surface area contributed by atoms with E-state index in [0.717, 1.165) is 4.83 Å². The highest BCUT2D eigenvalue weighted by atomic mass is 32.1. The van der Waals surface area contributed by atoms with E-state index in [1.54, 1.807) is 10.6 Å². The molecule has 0 aliphatic carbocycles.